The van der Waals surface area contributed by atoms with Gasteiger partial charge in [-0.3, -0.25) is 14.5 Å². The lowest BCUT2D eigenvalue weighted by Gasteiger charge is -2.21. The SMILES string of the molecule is CC(=O)N(c1ccc2sccc2c1)c1cc(NC(=O)Cc2ccccc2Cl)ccn1. The van der Waals surface area contributed by atoms with Gasteiger partial charge in [0.05, 0.1) is 12.1 Å². The summed E-state index contributed by atoms with van der Waals surface area (Å²) in [4.78, 5) is 30.8. The number of anilines is 3. The highest BCUT2D eigenvalue weighted by atomic mass is 35.5. The third-order valence-corrected chi connectivity index (χ3v) is 5.84. The van der Waals surface area contributed by atoms with Crippen molar-refractivity contribution in [1.82, 2.24) is 4.98 Å². The maximum atomic E-state index is 12.5. The third-order valence-electron chi connectivity index (χ3n) is 4.58. The molecule has 0 radical (unpaired) electrons. The summed E-state index contributed by atoms with van der Waals surface area (Å²) in [5, 5.41) is 6.48. The van der Waals surface area contributed by atoms with Crippen molar-refractivity contribution in [1.29, 1.82) is 0 Å². The zero-order valence-electron chi connectivity index (χ0n) is 16.1. The first kappa shape index (κ1) is 20.1. The van der Waals surface area contributed by atoms with Gasteiger partial charge in [-0.25, -0.2) is 4.98 Å². The second kappa shape index (κ2) is 8.65. The van der Waals surface area contributed by atoms with E-state index in [1.807, 2.05) is 47.8 Å². The van der Waals surface area contributed by atoms with Crippen LogP contribution in [-0.2, 0) is 16.0 Å². The fourth-order valence-corrected chi connectivity index (χ4v) is 4.18. The molecule has 0 aliphatic heterocycles. The van der Waals surface area contributed by atoms with Crippen molar-refractivity contribution in [3.63, 3.8) is 0 Å². The molecule has 0 bridgehead atoms. The summed E-state index contributed by atoms with van der Waals surface area (Å²) in [6, 6.07) is 18.5. The lowest BCUT2D eigenvalue weighted by molar-refractivity contribution is -0.116. The van der Waals surface area contributed by atoms with Crippen molar-refractivity contribution >= 4 is 62.0 Å². The van der Waals surface area contributed by atoms with Crippen LogP contribution < -0.4 is 10.2 Å². The molecule has 0 aliphatic rings. The number of carbonyl (C=O) groups excluding carboxylic acids is 2. The smallest absolute Gasteiger partial charge is 0.229 e. The summed E-state index contributed by atoms with van der Waals surface area (Å²) in [5.41, 5.74) is 2.03. The number of carbonyl (C=O) groups is 2. The minimum atomic E-state index is -0.200. The van der Waals surface area contributed by atoms with Gasteiger partial charge in [-0.1, -0.05) is 29.8 Å². The van der Waals surface area contributed by atoms with E-state index in [4.69, 9.17) is 11.6 Å². The van der Waals surface area contributed by atoms with Gasteiger partial charge in [-0.05, 0) is 52.7 Å². The van der Waals surface area contributed by atoms with Gasteiger partial charge in [0.2, 0.25) is 11.8 Å². The number of hydrogen-bond donors (Lipinski definition) is 1. The van der Waals surface area contributed by atoms with Crippen LogP contribution in [0.3, 0.4) is 0 Å². The van der Waals surface area contributed by atoms with E-state index in [0.29, 0.717) is 16.5 Å². The van der Waals surface area contributed by atoms with Gasteiger partial charge in [0.25, 0.3) is 0 Å². The number of rotatable bonds is 5. The monoisotopic (exact) mass is 435 g/mol. The lowest BCUT2D eigenvalue weighted by Crippen LogP contribution is -2.24. The Balaban J connectivity index is 1.58. The number of amides is 2. The first-order valence-electron chi connectivity index (χ1n) is 9.28. The van der Waals surface area contributed by atoms with E-state index >= 15 is 0 Å². The molecule has 4 rings (SSSR count). The Labute approximate surface area is 182 Å². The number of pyridine rings is 1. The quantitative estimate of drug-likeness (QED) is 0.430. The number of benzene rings is 2. The van der Waals surface area contributed by atoms with Crippen LogP contribution in [0.1, 0.15) is 12.5 Å². The summed E-state index contributed by atoms with van der Waals surface area (Å²) in [7, 11) is 0. The predicted molar refractivity (Wildman–Crippen MR) is 123 cm³/mol. The summed E-state index contributed by atoms with van der Waals surface area (Å²) < 4.78 is 1.15. The maximum absolute atomic E-state index is 12.5. The third kappa shape index (κ3) is 4.35. The molecule has 0 fully saturated rings. The molecule has 1 N–H and O–H groups in total. The Hall–Kier alpha value is -3.22. The Bertz CT molecular complexity index is 1240. The van der Waals surface area contributed by atoms with Crippen LogP contribution in [0.5, 0.6) is 0 Å². The van der Waals surface area contributed by atoms with E-state index in [2.05, 4.69) is 10.3 Å². The molecule has 150 valence electrons. The molecule has 0 spiro atoms. The summed E-state index contributed by atoms with van der Waals surface area (Å²) >= 11 is 7.79. The fraction of sp³-hybridized carbons (Fsp3) is 0.0870. The molecule has 2 aromatic carbocycles. The summed E-state index contributed by atoms with van der Waals surface area (Å²) in [6.07, 6.45) is 1.72. The molecule has 2 heterocycles. The molecule has 5 nitrogen and oxygen atoms in total. The van der Waals surface area contributed by atoms with E-state index in [-0.39, 0.29) is 18.2 Å². The van der Waals surface area contributed by atoms with Gasteiger partial charge in [0.1, 0.15) is 5.82 Å². The highest BCUT2D eigenvalue weighted by molar-refractivity contribution is 7.17. The Morgan fingerprint density at radius 2 is 1.93 bits per heavy atom. The number of nitrogens with one attached hydrogen (secondary N) is 1. The standard InChI is InChI=1S/C23H18ClN3O2S/c1-15(28)27(19-6-7-21-17(12-19)9-11-30-21)22-14-18(8-10-25-22)26-23(29)13-16-4-2-3-5-20(16)24/h2-12,14H,13H2,1H3,(H,25,26,29). The van der Waals surface area contributed by atoms with E-state index in [9.17, 15) is 9.59 Å². The van der Waals surface area contributed by atoms with Gasteiger partial charge in [-0.15, -0.1) is 11.3 Å². The van der Waals surface area contributed by atoms with Gasteiger partial charge in [-0.2, -0.15) is 0 Å². The van der Waals surface area contributed by atoms with Gasteiger partial charge >= 0.3 is 0 Å². The second-order valence-electron chi connectivity index (χ2n) is 6.72. The first-order valence-corrected chi connectivity index (χ1v) is 10.5. The minimum absolute atomic E-state index is 0.155. The Kier molecular flexibility index (Phi) is 5.79. The van der Waals surface area contributed by atoms with Crippen molar-refractivity contribution in [2.45, 2.75) is 13.3 Å². The highest BCUT2D eigenvalue weighted by Gasteiger charge is 2.17. The second-order valence-corrected chi connectivity index (χ2v) is 8.07. The van der Waals surface area contributed by atoms with E-state index in [0.717, 1.165) is 21.3 Å². The maximum Gasteiger partial charge on any atom is 0.229 e. The first-order chi connectivity index (χ1) is 14.5. The topological polar surface area (TPSA) is 62.3 Å². The van der Waals surface area contributed by atoms with Crippen molar-refractivity contribution in [2.75, 3.05) is 10.2 Å². The number of halogens is 1. The molecular weight excluding hydrogens is 418 g/mol. The molecule has 2 aromatic heterocycles. The molecular formula is C23H18ClN3O2S. The van der Waals surface area contributed by atoms with Gasteiger partial charge in [0, 0.05) is 34.6 Å². The van der Waals surface area contributed by atoms with Crippen molar-refractivity contribution < 1.29 is 9.59 Å². The van der Waals surface area contributed by atoms with Crippen molar-refractivity contribution in [2.24, 2.45) is 0 Å². The molecule has 2 amide bonds. The Morgan fingerprint density at radius 1 is 1.10 bits per heavy atom. The van der Waals surface area contributed by atoms with Crippen LogP contribution in [0.2, 0.25) is 5.02 Å². The minimum Gasteiger partial charge on any atom is -0.326 e. The van der Waals surface area contributed by atoms with Crippen molar-refractivity contribution in [3.05, 3.63) is 82.8 Å². The van der Waals surface area contributed by atoms with Crippen LogP contribution in [0, 0.1) is 0 Å². The van der Waals surface area contributed by atoms with Gasteiger partial charge < -0.3 is 5.32 Å². The molecule has 0 unspecified atom stereocenters. The van der Waals surface area contributed by atoms with Crippen LogP contribution in [0.4, 0.5) is 17.2 Å². The molecule has 30 heavy (non-hydrogen) atoms. The van der Waals surface area contributed by atoms with E-state index in [1.54, 1.807) is 35.7 Å². The molecule has 0 saturated heterocycles. The molecule has 4 aromatic rings. The zero-order valence-corrected chi connectivity index (χ0v) is 17.7. The predicted octanol–water partition coefficient (Wildman–Crippen LogP) is 5.82. The van der Waals surface area contributed by atoms with Crippen molar-refractivity contribution in [3.8, 4) is 0 Å². The fourth-order valence-electron chi connectivity index (χ4n) is 3.21. The largest absolute Gasteiger partial charge is 0.326 e. The number of fused-ring (bicyclic) bond motifs is 1. The van der Waals surface area contributed by atoms with Crippen LogP contribution >= 0.6 is 22.9 Å². The van der Waals surface area contributed by atoms with Crippen LogP contribution in [-0.4, -0.2) is 16.8 Å². The number of aromatic nitrogens is 1. The van der Waals surface area contributed by atoms with E-state index in [1.165, 1.54) is 11.8 Å². The molecule has 0 aliphatic carbocycles. The molecule has 0 saturated carbocycles. The molecule has 7 heteroatoms. The number of nitrogens with zero attached hydrogens (tertiary/aromatic N) is 2. The normalized spacial score (nSPS) is 10.7. The number of hydrogen-bond acceptors (Lipinski definition) is 4. The Morgan fingerprint density at radius 3 is 2.73 bits per heavy atom. The highest BCUT2D eigenvalue weighted by Crippen LogP contribution is 2.31. The van der Waals surface area contributed by atoms with Crippen LogP contribution in [0.15, 0.2) is 72.2 Å². The van der Waals surface area contributed by atoms with Gasteiger partial charge in [0.15, 0.2) is 0 Å². The average molecular weight is 436 g/mol. The summed E-state index contributed by atoms with van der Waals surface area (Å²) in [6.45, 7) is 1.49. The lowest BCUT2D eigenvalue weighted by atomic mass is 10.1. The van der Waals surface area contributed by atoms with Crippen LogP contribution in [0.25, 0.3) is 10.1 Å². The number of thiophene rings is 1. The van der Waals surface area contributed by atoms with E-state index < -0.39 is 0 Å². The average Bonchev–Trinajstić information content (AvgIpc) is 3.18. The molecule has 0 atom stereocenters. The zero-order chi connectivity index (χ0) is 21.1. The summed E-state index contributed by atoms with van der Waals surface area (Å²) in [5.74, 6) is 0.0681.